The minimum atomic E-state index is -1.22. The lowest BCUT2D eigenvalue weighted by Crippen LogP contribution is -2.33. The normalized spacial score (nSPS) is 25.7. The molecule has 0 saturated carbocycles. The minimum absolute atomic E-state index is 0.401. The molecule has 9 nitrogen and oxygen atoms in total. The van der Waals surface area contributed by atoms with Gasteiger partial charge >= 0.3 is 0 Å². The summed E-state index contributed by atoms with van der Waals surface area (Å²) in [6.07, 6.45) is -2.79. The molecule has 1 aliphatic heterocycles. The fourth-order valence-corrected chi connectivity index (χ4v) is 3.06. The van der Waals surface area contributed by atoms with E-state index in [1.165, 1.54) is 10.9 Å². The van der Waals surface area contributed by atoms with Crippen LogP contribution in [0.3, 0.4) is 0 Å². The average Bonchev–Trinajstić information content (AvgIpc) is 3.18. The molecule has 26 heavy (non-hydrogen) atoms. The van der Waals surface area contributed by atoms with Gasteiger partial charge in [-0.1, -0.05) is 18.2 Å². The van der Waals surface area contributed by atoms with E-state index in [1.807, 2.05) is 30.3 Å². The van der Waals surface area contributed by atoms with E-state index in [0.29, 0.717) is 22.7 Å². The molecule has 1 aliphatic rings. The second-order valence-electron chi connectivity index (χ2n) is 6.14. The lowest BCUT2D eigenvalue weighted by Gasteiger charge is -2.17. The highest BCUT2D eigenvalue weighted by atomic mass is 16.6. The summed E-state index contributed by atoms with van der Waals surface area (Å²) in [6.45, 7) is -0.405. The van der Waals surface area contributed by atoms with E-state index in [2.05, 4.69) is 15.3 Å². The number of para-hydroxylation sites is 1. The summed E-state index contributed by atoms with van der Waals surface area (Å²) in [4.78, 5) is 8.75. The van der Waals surface area contributed by atoms with Crippen molar-refractivity contribution < 1.29 is 20.1 Å². The van der Waals surface area contributed by atoms with Gasteiger partial charge in [-0.25, -0.2) is 9.97 Å². The van der Waals surface area contributed by atoms with Gasteiger partial charge in [0.25, 0.3) is 0 Å². The molecule has 1 aromatic carbocycles. The minimum Gasteiger partial charge on any atom is -0.397 e. The fraction of sp³-hybridized carbons (Fsp3) is 0.294. The maximum absolute atomic E-state index is 10.3. The van der Waals surface area contributed by atoms with Gasteiger partial charge in [0, 0.05) is 11.8 Å². The van der Waals surface area contributed by atoms with E-state index in [4.69, 9.17) is 10.5 Å². The maximum atomic E-state index is 10.3. The van der Waals surface area contributed by atoms with Crippen LogP contribution in [0.15, 0.2) is 42.7 Å². The molecule has 3 aromatic rings. The van der Waals surface area contributed by atoms with Crippen molar-refractivity contribution in [2.45, 2.75) is 24.5 Å². The quantitative estimate of drug-likeness (QED) is 0.451. The molecule has 1 fully saturated rings. The Balaban J connectivity index is 1.73. The highest BCUT2D eigenvalue weighted by Gasteiger charge is 2.44. The van der Waals surface area contributed by atoms with Gasteiger partial charge < -0.3 is 31.1 Å². The summed E-state index contributed by atoms with van der Waals surface area (Å²) in [5.74, 6) is 0.509. The first kappa shape index (κ1) is 16.7. The standard InChI is InChI=1S/C17H19N5O4/c18-10-6-12(20-9-4-2-1-3-5-9)21-16-13(10)19-8-22(16)17-15(25)14(24)11(7-23)26-17/h1-6,8,11,14-15,17,23-25H,7H2,(H3,18,20,21)/t11-,14-,15-,17-/m1/s1. The number of hydrogen-bond acceptors (Lipinski definition) is 8. The molecule has 0 amide bonds. The van der Waals surface area contributed by atoms with Crippen LogP contribution in [0.5, 0.6) is 0 Å². The molecule has 0 unspecified atom stereocenters. The van der Waals surface area contributed by atoms with E-state index in [-0.39, 0.29) is 0 Å². The summed E-state index contributed by atoms with van der Waals surface area (Å²) >= 11 is 0. The summed E-state index contributed by atoms with van der Waals surface area (Å²) < 4.78 is 7.06. The van der Waals surface area contributed by atoms with Crippen LogP contribution in [0, 0.1) is 0 Å². The van der Waals surface area contributed by atoms with Gasteiger partial charge in [0.2, 0.25) is 0 Å². The number of anilines is 3. The predicted molar refractivity (Wildman–Crippen MR) is 94.7 cm³/mol. The highest BCUT2D eigenvalue weighted by Crippen LogP contribution is 2.33. The second-order valence-corrected chi connectivity index (χ2v) is 6.14. The van der Waals surface area contributed by atoms with Gasteiger partial charge in [0.05, 0.1) is 18.6 Å². The van der Waals surface area contributed by atoms with Gasteiger partial charge in [0.1, 0.15) is 29.6 Å². The molecule has 0 spiro atoms. The number of rotatable bonds is 4. The van der Waals surface area contributed by atoms with Crippen molar-refractivity contribution in [3.63, 3.8) is 0 Å². The Morgan fingerprint density at radius 3 is 2.65 bits per heavy atom. The van der Waals surface area contributed by atoms with Gasteiger partial charge in [0.15, 0.2) is 11.9 Å². The molecule has 0 aliphatic carbocycles. The summed E-state index contributed by atoms with van der Waals surface area (Å²) in [6, 6.07) is 11.2. The molecule has 6 N–H and O–H groups in total. The van der Waals surface area contributed by atoms with Gasteiger partial charge in [-0.15, -0.1) is 0 Å². The molecule has 1 saturated heterocycles. The number of nitrogen functional groups attached to an aromatic ring is 1. The number of hydrogen-bond donors (Lipinski definition) is 5. The van der Waals surface area contributed by atoms with Crippen molar-refractivity contribution in [3.8, 4) is 0 Å². The van der Waals surface area contributed by atoms with Crippen molar-refractivity contribution in [1.82, 2.24) is 14.5 Å². The van der Waals surface area contributed by atoms with Crippen LogP contribution in [0.1, 0.15) is 6.23 Å². The van der Waals surface area contributed by atoms with Crippen molar-refractivity contribution in [3.05, 3.63) is 42.7 Å². The number of pyridine rings is 1. The summed E-state index contributed by atoms with van der Waals surface area (Å²) in [5, 5.41) is 32.7. The maximum Gasteiger partial charge on any atom is 0.166 e. The number of aliphatic hydroxyl groups excluding tert-OH is 3. The third kappa shape index (κ3) is 2.76. The number of benzene rings is 1. The monoisotopic (exact) mass is 357 g/mol. The van der Waals surface area contributed by atoms with E-state index in [9.17, 15) is 15.3 Å². The van der Waals surface area contributed by atoms with E-state index >= 15 is 0 Å². The smallest absolute Gasteiger partial charge is 0.166 e. The number of nitrogens with one attached hydrogen (secondary N) is 1. The first-order valence-electron chi connectivity index (χ1n) is 8.16. The fourth-order valence-electron chi connectivity index (χ4n) is 3.06. The Morgan fingerprint density at radius 2 is 1.96 bits per heavy atom. The number of nitrogens with zero attached hydrogens (tertiary/aromatic N) is 3. The molecular weight excluding hydrogens is 338 g/mol. The Labute approximate surface area is 148 Å². The summed E-state index contributed by atoms with van der Waals surface area (Å²) in [5.41, 5.74) is 8.21. The van der Waals surface area contributed by atoms with Crippen LogP contribution in [-0.2, 0) is 4.74 Å². The number of aliphatic hydroxyl groups is 3. The largest absolute Gasteiger partial charge is 0.397 e. The summed E-state index contributed by atoms with van der Waals surface area (Å²) in [7, 11) is 0. The van der Waals surface area contributed by atoms with Crippen molar-refractivity contribution in [2.75, 3.05) is 17.7 Å². The molecule has 3 heterocycles. The zero-order valence-corrected chi connectivity index (χ0v) is 13.7. The Bertz CT molecular complexity index is 916. The molecule has 136 valence electrons. The van der Waals surface area contributed by atoms with Gasteiger partial charge in [-0.05, 0) is 12.1 Å². The van der Waals surface area contributed by atoms with E-state index in [1.54, 1.807) is 6.07 Å². The van der Waals surface area contributed by atoms with Gasteiger partial charge in [-0.3, -0.25) is 4.57 Å². The molecule has 4 atom stereocenters. The van der Waals surface area contributed by atoms with Crippen LogP contribution in [0.25, 0.3) is 11.2 Å². The van der Waals surface area contributed by atoms with Crippen LogP contribution >= 0.6 is 0 Å². The zero-order chi connectivity index (χ0) is 18.3. The van der Waals surface area contributed by atoms with Crippen molar-refractivity contribution in [2.24, 2.45) is 0 Å². The van der Waals surface area contributed by atoms with Crippen LogP contribution in [-0.4, -0.2) is 54.8 Å². The molecule has 0 radical (unpaired) electrons. The van der Waals surface area contributed by atoms with E-state index in [0.717, 1.165) is 5.69 Å². The Hall–Kier alpha value is -2.72. The lowest BCUT2D eigenvalue weighted by molar-refractivity contribution is -0.0511. The zero-order valence-electron chi connectivity index (χ0n) is 13.7. The molecule has 2 aromatic heterocycles. The number of ether oxygens (including phenoxy) is 1. The number of imidazole rings is 1. The lowest BCUT2D eigenvalue weighted by atomic mass is 10.1. The molecule has 0 bridgehead atoms. The van der Waals surface area contributed by atoms with E-state index < -0.39 is 31.1 Å². The van der Waals surface area contributed by atoms with Gasteiger partial charge in [-0.2, -0.15) is 0 Å². The topological polar surface area (TPSA) is 139 Å². The van der Waals surface area contributed by atoms with Crippen LogP contribution < -0.4 is 11.1 Å². The Morgan fingerprint density at radius 1 is 1.19 bits per heavy atom. The first-order chi connectivity index (χ1) is 12.6. The second kappa shape index (κ2) is 6.54. The first-order valence-corrected chi connectivity index (χ1v) is 8.16. The predicted octanol–water partition coefficient (Wildman–Crippen LogP) is 0.369. The molecule has 9 heteroatoms. The molecule has 4 rings (SSSR count). The van der Waals surface area contributed by atoms with Crippen LogP contribution in [0.4, 0.5) is 17.2 Å². The van der Waals surface area contributed by atoms with Crippen molar-refractivity contribution >= 4 is 28.4 Å². The third-order valence-corrected chi connectivity index (χ3v) is 4.40. The number of aromatic nitrogens is 3. The highest BCUT2D eigenvalue weighted by molar-refractivity contribution is 5.87. The van der Waals surface area contributed by atoms with Crippen LogP contribution in [0.2, 0.25) is 0 Å². The Kier molecular flexibility index (Phi) is 4.21. The molecular formula is C17H19N5O4. The average molecular weight is 357 g/mol. The third-order valence-electron chi connectivity index (χ3n) is 4.40. The van der Waals surface area contributed by atoms with Crippen molar-refractivity contribution in [1.29, 1.82) is 0 Å². The SMILES string of the molecule is Nc1cc(Nc2ccccc2)nc2c1ncn2[C@@H]1O[C@H](CO)[C@@H](O)[C@H]1O. The number of nitrogens with two attached hydrogens (primary N) is 1. The number of fused-ring (bicyclic) bond motifs is 1.